The van der Waals surface area contributed by atoms with Crippen LogP contribution in [0.15, 0.2) is 36.7 Å². The van der Waals surface area contributed by atoms with Crippen molar-refractivity contribution in [2.75, 3.05) is 23.3 Å². The zero-order chi connectivity index (χ0) is 17.7. The van der Waals surface area contributed by atoms with Crippen LogP contribution in [0.1, 0.15) is 29.9 Å². The van der Waals surface area contributed by atoms with Gasteiger partial charge in [-0.05, 0) is 38.1 Å². The summed E-state index contributed by atoms with van der Waals surface area (Å²) in [6.45, 7) is 5.65. The van der Waals surface area contributed by atoms with Crippen LogP contribution < -0.4 is 10.2 Å². The van der Waals surface area contributed by atoms with E-state index in [1.54, 1.807) is 12.1 Å². The van der Waals surface area contributed by atoms with Gasteiger partial charge in [-0.1, -0.05) is 0 Å². The highest BCUT2D eigenvalue weighted by Crippen LogP contribution is 2.27. The third-order valence-electron chi connectivity index (χ3n) is 3.41. The van der Waals surface area contributed by atoms with Crippen molar-refractivity contribution in [1.82, 2.24) is 9.97 Å². The van der Waals surface area contributed by atoms with Crippen LogP contribution in [0.3, 0.4) is 0 Å². The zero-order valence-electron chi connectivity index (χ0n) is 13.3. The van der Waals surface area contributed by atoms with Gasteiger partial charge in [-0.3, -0.25) is 9.78 Å². The Labute approximate surface area is 137 Å². The number of nitrogens with zero attached hydrogens (tertiary/aromatic N) is 3. The number of halogens is 3. The molecular formula is C16H17F3N4O. The Morgan fingerprint density at radius 1 is 1.08 bits per heavy atom. The molecule has 0 aliphatic heterocycles. The lowest BCUT2D eigenvalue weighted by Crippen LogP contribution is -2.23. The lowest BCUT2D eigenvalue weighted by atomic mass is 10.2. The first kappa shape index (κ1) is 17.7. The SMILES string of the molecule is CCN(CC)c1ccc(NC(=O)c2ccc(C(F)(F)F)nc2)cn1. The minimum atomic E-state index is -4.53. The molecule has 128 valence electrons. The molecule has 0 bridgehead atoms. The van der Waals surface area contributed by atoms with Crippen LogP contribution in [0.2, 0.25) is 0 Å². The molecule has 1 amide bonds. The molecule has 2 heterocycles. The average Bonchev–Trinajstić information content (AvgIpc) is 2.57. The summed E-state index contributed by atoms with van der Waals surface area (Å²) in [5.41, 5.74) is -0.545. The molecule has 0 spiro atoms. The lowest BCUT2D eigenvalue weighted by molar-refractivity contribution is -0.141. The maximum atomic E-state index is 12.5. The standard InChI is InChI=1S/C16H17F3N4O/c1-3-23(4-2)14-8-6-12(10-21-14)22-15(24)11-5-7-13(20-9-11)16(17,18)19/h5-10H,3-4H2,1-2H3,(H,22,24). The fourth-order valence-corrected chi connectivity index (χ4v) is 2.09. The summed E-state index contributed by atoms with van der Waals surface area (Å²) >= 11 is 0. The van der Waals surface area contributed by atoms with Crippen molar-refractivity contribution in [2.45, 2.75) is 20.0 Å². The van der Waals surface area contributed by atoms with Gasteiger partial charge in [-0.2, -0.15) is 13.2 Å². The van der Waals surface area contributed by atoms with Crippen molar-refractivity contribution < 1.29 is 18.0 Å². The predicted molar refractivity (Wildman–Crippen MR) is 85.0 cm³/mol. The average molecular weight is 338 g/mol. The monoisotopic (exact) mass is 338 g/mol. The van der Waals surface area contributed by atoms with Crippen molar-refractivity contribution >= 4 is 17.4 Å². The molecule has 24 heavy (non-hydrogen) atoms. The predicted octanol–water partition coefficient (Wildman–Crippen LogP) is 3.59. The first-order valence-electron chi connectivity index (χ1n) is 7.40. The summed E-state index contributed by atoms with van der Waals surface area (Å²) in [5, 5.41) is 2.58. The van der Waals surface area contributed by atoms with Crippen LogP contribution in [0, 0.1) is 0 Å². The minimum Gasteiger partial charge on any atom is -0.357 e. The fraction of sp³-hybridized carbons (Fsp3) is 0.312. The smallest absolute Gasteiger partial charge is 0.357 e. The highest BCUT2D eigenvalue weighted by atomic mass is 19.4. The summed E-state index contributed by atoms with van der Waals surface area (Å²) in [6.07, 6.45) is -2.13. The van der Waals surface area contributed by atoms with E-state index in [1.165, 1.54) is 6.20 Å². The molecule has 2 aromatic heterocycles. The van der Waals surface area contributed by atoms with Gasteiger partial charge in [-0.25, -0.2) is 4.98 Å². The first-order chi connectivity index (χ1) is 11.3. The molecular weight excluding hydrogens is 321 g/mol. The number of carbonyl (C=O) groups excluding carboxylic acids is 1. The largest absolute Gasteiger partial charge is 0.433 e. The summed E-state index contributed by atoms with van der Waals surface area (Å²) in [5.74, 6) is 0.239. The van der Waals surface area contributed by atoms with Crippen molar-refractivity contribution in [1.29, 1.82) is 0 Å². The van der Waals surface area contributed by atoms with E-state index in [9.17, 15) is 18.0 Å². The van der Waals surface area contributed by atoms with Crippen LogP contribution in [-0.2, 0) is 6.18 Å². The van der Waals surface area contributed by atoms with Crippen molar-refractivity contribution in [3.8, 4) is 0 Å². The van der Waals surface area contributed by atoms with Gasteiger partial charge < -0.3 is 10.2 Å². The number of aromatic nitrogens is 2. The van der Waals surface area contributed by atoms with E-state index in [4.69, 9.17) is 0 Å². The number of carbonyl (C=O) groups is 1. The summed E-state index contributed by atoms with van der Waals surface area (Å²) in [4.78, 5) is 21.6. The molecule has 0 aliphatic carbocycles. The zero-order valence-corrected chi connectivity index (χ0v) is 13.3. The summed E-state index contributed by atoms with van der Waals surface area (Å²) in [6, 6.07) is 5.32. The highest BCUT2D eigenvalue weighted by molar-refractivity contribution is 6.04. The molecule has 2 aromatic rings. The molecule has 0 aliphatic rings. The maximum absolute atomic E-state index is 12.5. The molecule has 0 saturated heterocycles. The van der Waals surface area contributed by atoms with Crippen molar-refractivity contribution in [3.05, 3.63) is 47.9 Å². The Morgan fingerprint density at radius 3 is 2.25 bits per heavy atom. The number of hydrogen-bond acceptors (Lipinski definition) is 4. The molecule has 2 rings (SSSR count). The van der Waals surface area contributed by atoms with Crippen LogP contribution in [0.4, 0.5) is 24.7 Å². The van der Waals surface area contributed by atoms with Crippen LogP contribution in [-0.4, -0.2) is 29.0 Å². The quantitative estimate of drug-likeness (QED) is 0.905. The van der Waals surface area contributed by atoms with Crippen molar-refractivity contribution in [2.24, 2.45) is 0 Å². The lowest BCUT2D eigenvalue weighted by Gasteiger charge is -2.19. The third-order valence-corrected chi connectivity index (χ3v) is 3.41. The van der Waals surface area contributed by atoms with Crippen molar-refractivity contribution in [3.63, 3.8) is 0 Å². The van der Waals surface area contributed by atoms with Crippen LogP contribution >= 0.6 is 0 Å². The van der Waals surface area contributed by atoms with Gasteiger partial charge in [0.05, 0.1) is 17.4 Å². The second-order valence-corrected chi connectivity index (χ2v) is 4.96. The van der Waals surface area contributed by atoms with Gasteiger partial charge in [0.2, 0.25) is 0 Å². The number of alkyl halides is 3. The molecule has 0 saturated carbocycles. The first-order valence-corrected chi connectivity index (χ1v) is 7.40. The molecule has 0 unspecified atom stereocenters. The van der Waals surface area contributed by atoms with E-state index in [2.05, 4.69) is 15.3 Å². The molecule has 0 radical (unpaired) electrons. The number of anilines is 2. The number of rotatable bonds is 5. The fourth-order valence-electron chi connectivity index (χ4n) is 2.09. The topological polar surface area (TPSA) is 58.1 Å². The van der Waals surface area contributed by atoms with Gasteiger partial charge >= 0.3 is 6.18 Å². The highest BCUT2D eigenvalue weighted by Gasteiger charge is 2.32. The second kappa shape index (κ2) is 7.29. The van der Waals surface area contributed by atoms with E-state index < -0.39 is 17.8 Å². The van der Waals surface area contributed by atoms with Gasteiger partial charge in [0, 0.05) is 19.3 Å². The van der Waals surface area contributed by atoms with Crippen LogP contribution in [0.25, 0.3) is 0 Å². The summed E-state index contributed by atoms with van der Waals surface area (Å²) in [7, 11) is 0. The summed E-state index contributed by atoms with van der Waals surface area (Å²) < 4.78 is 37.4. The minimum absolute atomic E-state index is 0.0378. The number of hydrogen-bond donors (Lipinski definition) is 1. The molecule has 0 atom stereocenters. The maximum Gasteiger partial charge on any atom is 0.433 e. The Bertz CT molecular complexity index is 680. The second-order valence-electron chi connectivity index (χ2n) is 4.96. The van der Waals surface area contributed by atoms with Crippen LogP contribution in [0.5, 0.6) is 0 Å². The third kappa shape index (κ3) is 4.21. The van der Waals surface area contributed by atoms with E-state index in [0.29, 0.717) is 5.69 Å². The number of pyridine rings is 2. The molecule has 1 N–H and O–H groups in total. The van der Waals surface area contributed by atoms with Gasteiger partial charge in [0.25, 0.3) is 5.91 Å². The molecule has 8 heteroatoms. The molecule has 5 nitrogen and oxygen atoms in total. The Balaban J connectivity index is 2.07. The molecule has 0 aromatic carbocycles. The van der Waals surface area contributed by atoms with Gasteiger partial charge in [0.15, 0.2) is 0 Å². The van der Waals surface area contributed by atoms with Gasteiger partial charge in [-0.15, -0.1) is 0 Å². The van der Waals surface area contributed by atoms with E-state index in [1.807, 2.05) is 18.7 Å². The van der Waals surface area contributed by atoms with E-state index in [0.717, 1.165) is 37.2 Å². The van der Waals surface area contributed by atoms with E-state index in [-0.39, 0.29) is 5.56 Å². The Hall–Kier alpha value is -2.64. The Morgan fingerprint density at radius 2 is 1.79 bits per heavy atom. The number of amides is 1. The number of nitrogens with one attached hydrogen (secondary N) is 1. The molecule has 0 fully saturated rings. The van der Waals surface area contributed by atoms with Gasteiger partial charge in [0.1, 0.15) is 11.5 Å². The Kier molecular flexibility index (Phi) is 5.38. The normalized spacial score (nSPS) is 11.2. The van der Waals surface area contributed by atoms with E-state index >= 15 is 0 Å².